The molecule has 5 rings (SSSR count). The van der Waals surface area contributed by atoms with Crippen molar-refractivity contribution in [3.05, 3.63) is 75.7 Å². The molecule has 0 saturated carbocycles. The molecule has 1 aliphatic heterocycles. The Hall–Kier alpha value is -4.11. The third kappa shape index (κ3) is 4.63. The van der Waals surface area contributed by atoms with Crippen LogP contribution in [-0.4, -0.2) is 46.2 Å². The van der Waals surface area contributed by atoms with Gasteiger partial charge in [0, 0.05) is 30.1 Å². The molecule has 9 nitrogen and oxygen atoms in total. The second kappa shape index (κ2) is 9.63. The molecule has 0 bridgehead atoms. The van der Waals surface area contributed by atoms with Gasteiger partial charge < -0.3 is 19.7 Å². The lowest BCUT2D eigenvalue weighted by atomic mass is 10.1. The summed E-state index contributed by atoms with van der Waals surface area (Å²) in [4.78, 5) is 31.8. The highest BCUT2D eigenvalue weighted by Crippen LogP contribution is 2.34. The first kappa shape index (κ1) is 22.7. The zero-order valence-corrected chi connectivity index (χ0v) is 19.6. The number of fused-ring (bicyclic) bond motifs is 1. The third-order valence-corrected chi connectivity index (χ3v) is 6.08. The van der Waals surface area contributed by atoms with Gasteiger partial charge in [-0.2, -0.15) is 10.1 Å². The molecule has 0 aliphatic carbocycles. The quantitative estimate of drug-likeness (QED) is 0.400. The van der Waals surface area contributed by atoms with Gasteiger partial charge in [-0.25, -0.2) is 5.10 Å². The van der Waals surface area contributed by atoms with Crippen LogP contribution in [0.1, 0.15) is 23.2 Å². The molecule has 0 unspecified atom stereocenters. The van der Waals surface area contributed by atoms with E-state index in [9.17, 15) is 9.59 Å². The number of ether oxygens (including phenoxy) is 2. The number of benzene rings is 2. The van der Waals surface area contributed by atoms with E-state index in [2.05, 4.69) is 20.5 Å². The number of carbonyl (C=O) groups excluding carboxylic acids is 1. The number of halogens is 1. The fourth-order valence-corrected chi connectivity index (χ4v) is 4.21. The Morgan fingerprint density at radius 1 is 1.11 bits per heavy atom. The predicted molar refractivity (Wildman–Crippen MR) is 133 cm³/mol. The molecule has 1 fully saturated rings. The zero-order chi connectivity index (χ0) is 24.4. The summed E-state index contributed by atoms with van der Waals surface area (Å²) in [5, 5.41) is 10.7. The van der Waals surface area contributed by atoms with Crippen LogP contribution in [0.15, 0.2) is 59.5 Å². The van der Waals surface area contributed by atoms with E-state index in [0.29, 0.717) is 38.5 Å². The summed E-state index contributed by atoms with van der Waals surface area (Å²) in [6, 6.07) is 13.8. The first-order valence-corrected chi connectivity index (χ1v) is 11.5. The van der Waals surface area contributed by atoms with Crippen LogP contribution in [0.25, 0.3) is 10.8 Å². The van der Waals surface area contributed by atoms with Crippen molar-refractivity contribution in [1.29, 1.82) is 0 Å². The second-order valence-electron chi connectivity index (χ2n) is 8.04. The van der Waals surface area contributed by atoms with Gasteiger partial charge in [-0.1, -0.05) is 23.7 Å². The number of anilines is 2. The highest BCUT2D eigenvalue weighted by molar-refractivity contribution is 6.32. The number of nitrogens with one attached hydrogen (secondary N) is 2. The molecular formula is C25H22ClN5O4. The van der Waals surface area contributed by atoms with E-state index in [1.165, 1.54) is 13.3 Å². The van der Waals surface area contributed by atoms with Crippen molar-refractivity contribution in [3.63, 3.8) is 0 Å². The van der Waals surface area contributed by atoms with Crippen molar-refractivity contribution in [1.82, 2.24) is 20.1 Å². The largest absolute Gasteiger partial charge is 0.495 e. The van der Waals surface area contributed by atoms with Gasteiger partial charge in [0.05, 0.1) is 29.4 Å². The maximum Gasteiger partial charge on any atom is 0.275 e. The van der Waals surface area contributed by atoms with Crippen molar-refractivity contribution in [2.75, 3.05) is 25.5 Å². The Balaban J connectivity index is 1.53. The van der Waals surface area contributed by atoms with Crippen LogP contribution in [0.4, 0.5) is 11.5 Å². The maximum absolute atomic E-state index is 12.8. The Morgan fingerprint density at radius 2 is 1.91 bits per heavy atom. The molecule has 3 heterocycles. The van der Waals surface area contributed by atoms with Gasteiger partial charge in [-0.05, 0) is 43.2 Å². The van der Waals surface area contributed by atoms with E-state index in [-0.39, 0.29) is 17.6 Å². The number of carbonyl (C=O) groups is 1. The third-order valence-electron chi connectivity index (χ3n) is 5.77. The molecule has 2 aromatic heterocycles. The van der Waals surface area contributed by atoms with Crippen LogP contribution in [0.2, 0.25) is 5.02 Å². The Morgan fingerprint density at radius 3 is 2.69 bits per heavy atom. The lowest BCUT2D eigenvalue weighted by Crippen LogP contribution is -2.27. The molecule has 35 heavy (non-hydrogen) atoms. The Labute approximate surface area is 205 Å². The molecule has 0 spiro atoms. The van der Waals surface area contributed by atoms with Gasteiger partial charge in [0.15, 0.2) is 0 Å². The summed E-state index contributed by atoms with van der Waals surface area (Å²) in [7, 11) is 1.52. The highest BCUT2D eigenvalue weighted by Gasteiger charge is 2.21. The van der Waals surface area contributed by atoms with E-state index >= 15 is 0 Å². The number of methoxy groups -OCH3 is 1. The number of hydrogen-bond donors (Lipinski definition) is 2. The topological polar surface area (TPSA) is 109 Å². The Kier molecular flexibility index (Phi) is 6.24. The number of nitrogens with zero attached hydrogens (tertiary/aromatic N) is 3. The van der Waals surface area contributed by atoms with Crippen LogP contribution in [0, 0.1) is 0 Å². The van der Waals surface area contributed by atoms with E-state index in [4.69, 9.17) is 21.1 Å². The van der Waals surface area contributed by atoms with Gasteiger partial charge in [0.2, 0.25) is 5.88 Å². The average molecular weight is 492 g/mol. The molecule has 0 radical (unpaired) electrons. The van der Waals surface area contributed by atoms with E-state index in [1.54, 1.807) is 48.5 Å². The van der Waals surface area contributed by atoms with Gasteiger partial charge in [0.25, 0.3) is 11.5 Å². The molecule has 4 aromatic rings. The van der Waals surface area contributed by atoms with Crippen molar-refractivity contribution in [2.45, 2.75) is 12.8 Å². The molecule has 2 N–H and O–H groups in total. The van der Waals surface area contributed by atoms with Crippen LogP contribution in [0.5, 0.6) is 17.4 Å². The number of pyridine rings is 1. The van der Waals surface area contributed by atoms with Crippen molar-refractivity contribution in [3.8, 4) is 17.4 Å². The van der Waals surface area contributed by atoms with Crippen LogP contribution in [0.3, 0.4) is 0 Å². The molecule has 10 heteroatoms. The van der Waals surface area contributed by atoms with Crippen molar-refractivity contribution < 1.29 is 14.3 Å². The summed E-state index contributed by atoms with van der Waals surface area (Å²) in [5.74, 6) is 1.29. The molecule has 2 aromatic carbocycles. The van der Waals surface area contributed by atoms with Crippen LogP contribution < -0.4 is 20.3 Å². The minimum absolute atomic E-state index is 0.0337. The van der Waals surface area contributed by atoms with E-state index in [1.807, 2.05) is 4.90 Å². The summed E-state index contributed by atoms with van der Waals surface area (Å²) >= 11 is 6.23. The number of aromatic nitrogens is 3. The van der Waals surface area contributed by atoms with E-state index < -0.39 is 5.56 Å². The first-order valence-electron chi connectivity index (χ1n) is 11.1. The van der Waals surface area contributed by atoms with Crippen molar-refractivity contribution >= 4 is 39.8 Å². The standard InChI is InChI=1S/C25H22ClN5O4/c1-34-20-12-15(25(33)31-10-4-5-11-31)8-9-18(20)28-23-22-16(14-27-30-24(22)32)13-21(29-23)35-19-7-3-2-6-17(19)26/h2-3,6-9,12-14H,4-5,10-11H2,1H3,(H,28,29)(H,30,32). The molecule has 0 atom stereocenters. The predicted octanol–water partition coefficient (Wildman–Crippen LogP) is 4.75. The minimum Gasteiger partial charge on any atom is -0.495 e. The number of rotatable bonds is 6. The molecular weight excluding hydrogens is 470 g/mol. The number of para-hydroxylation sites is 1. The van der Waals surface area contributed by atoms with Gasteiger partial charge in [0.1, 0.15) is 17.3 Å². The summed E-state index contributed by atoms with van der Waals surface area (Å²) in [5.41, 5.74) is 0.650. The van der Waals surface area contributed by atoms with Crippen LogP contribution >= 0.6 is 11.6 Å². The SMILES string of the molecule is COc1cc(C(=O)N2CCCC2)ccc1Nc1nc(Oc2ccccc2Cl)cc2cn[nH]c(=O)c12. The number of hydrogen-bond acceptors (Lipinski definition) is 7. The minimum atomic E-state index is -0.415. The van der Waals surface area contributed by atoms with Crippen LogP contribution in [-0.2, 0) is 0 Å². The van der Waals surface area contributed by atoms with Gasteiger partial charge in [-0.15, -0.1) is 0 Å². The van der Waals surface area contributed by atoms with Crippen molar-refractivity contribution in [2.24, 2.45) is 0 Å². The molecule has 178 valence electrons. The Bertz CT molecular complexity index is 1470. The normalized spacial score (nSPS) is 13.1. The fourth-order valence-electron chi connectivity index (χ4n) is 4.04. The number of H-pyrrole nitrogens is 1. The summed E-state index contributed by atoms with van der Waals surface area (Å²) in [6.45, 7) is 1.51. The fraction of sp³-hybridized carbons (Fsp3) is 0.200. The lowest BCUT2D eigenvalue weighted by molar-refractivity contribution is 0.0792. The first-order chi connectivity index (χ1) is 17.0. The highest BCUT2D eigenvalue weighted by atomic mass is 35.5. The average Bonchev–Trinajstić information content (AvgIpc) is 3.40. The maximum atomic E-state index is 12.8. The molecule has 1 amide bonds. The van der Waals surface area contributed by atoms with Gasteiger partial charge >= 0.3 is 0 Å². The second-order valence-corrected chi connectivity index (χ2v) is 8.45. The lowest BCUT2D eigenvalue weighted by Gasteiger charge is -2.17. The monoisotopic (exact) mass is 491 g/mol. The molecule has 1 aliphatic rings. The number of likely N-dealkylation sites (tertiary alicyclic amines) is 1. The number of amides is 1. The summed E-state index contributed by atoms with van der Waals surface area (Å²) in [6.07, 6.45) is 3.53. The summed E-state index contributed by atoms with van der Waals surface area (Å²) < 4.78 is 11.4. The van der Waals surface area contributed by atoms with E-state index in [0.717, 1.165) is 25.9 Å². The zero-order valence-electron chi connectivity index (χ0n) is 18.9. The number of aromatic amines is 1. The smallest absolute Gasteiger partial charge is 0.275 e. The van der Waals surface area contributed by atoms with Gasteiger partial charge in [-0.3, -0.25) is 9.59 Å². The molecule has 1 saturated heterocycles.